The minimum Gasteiger partial charge on any atom is -0.508 e. The number of aliphatic carboxylic acids is 1. The SMILES string of the molecule is Cn1cc(/C=C\C(=O)O)c2cc(O)ccc21. The number of fused-ring (bicyclic) bond motifs is 1. The molecule has 1 aromatic carbocycles. The first-order valence-corrected chi connectivity index (χ1v) is 4.77. The summed E-state index contributed by atoms with van der Waals surface area (Å²) in [4.78, 5) is 10.4. The number of phenols is 1. The second-order valence-corrected chi connectivity index (χ2v) is 3.57. The number of carboxylic acid groups (broad SMARTS) is 1. The smallest absolute Gasteiger partial charge is 0.328 e. The lowest BCUT2D eigenvalue weighted by atomic mass is 10.1. The molecular formula is C12H11NO3. The number of aryl methyl sites for hydroxylation is 1. The Morgan fingerprint density at radius 2 is 2.19 bits per heavy atom. The Morgan fingerprint density at radius 1 is 1.44 bits per heavy atom. The van der Waals surface area contributed by atoms with E-state index in [0.29, 0.717) is 0 Å². The van der Waals surface area contributed by atoms with Gasteiger partial charge >= 0.3 is 5.97 Å². The molecular weight excluding hydrogens is 206 g/mol. The molecule has 0 fully saturated rings. The van der Waals surface area contributed by atoms with Gasteiger partial charge in [-0.25, -0.2) is 4.79 Å². The van der Waals surface area contributed by atoms with Gasteiger partial charge < -0.3 is 14.8 Å². The van der Waals surface area contributed by atoms with Crippen LogP contribution in [0.15, 0.2) is 30.5 Å². The molecule has 0 aliphatic rings. The number of aromatic hydroxyl groups is 1. The van der Waals surface area contributed by atoms with Crippen molar-refractivity contribution in [3.63, 3.8) is 0 Å². The molecule has 82 valence electrons. The lowest BCUT2D eigenvalue weighted by Gasteiger charge is -1.96. The quantitative estimate of drug-likeness (QED) is 0.756. The second kappa shape index (κ2) is 3.73. The molecule has 0 saturated carbocycles. The molecule has 2 rings (SSSR count). The van der Waals surface area contributed by atoms with Gasteiger partial charge in [-0.2, -0.15) is 0 Å². The highest BCUT2D eigenvalue weighted by Crippen LogP contribution is 2.25. The van der Waals surface area contributed by atoms with Gasteiger partial charge in [0.05, 0.1) is 0 Å². The van der Waals surface area contributed by atoms with Crippen LogP contribution < -0.4 is 0 Å². The summed E-state index contributed by atoms with van der Waals surface area (Å²) in [5, 5.41) is 18.8. The Bertz CT molecular complexity index is 581. The monoisotopic (exact) mass is 217 g/mol. The minimum atomic E-state index is -0.989. The number of aromatic nitrogens is 1. The van der Waals surface area contributed by atoms with E-state index in [0.717, 1.165) is 22.5 Å². The Balaban J connectivity index is 2.61. The van der Waals surface area contributed by atoms with Gasteiger partial charge in [0.25, 0.3) is 0 Å². The summed E-state index contributed by atoms with van der Waals surface area (Å²) in [5.41, 5.74) is 1.72. The fraction of sp³-hybridized carbons (Fsp3) is 0.0833. The fourth-order valence-corrected chi connectivity index (χ4v) is 1.70. The van der Waals surface area contributed by atoms with E-state index in [1.807, 2.05) is 17.8 Å². The molecule has 0 amide bonds. The van der Waals surface area contributed by atoms with Crippen molar-refractivity contribution in [2.75, 3.05) is 0 Å². The first kappa shape index (κ1) is 10.3. The number of hydrogen-bond donors (Lipinski definition) is 2. The normalized spacial score (nSPS) is 11.3. The molecule has 16 heavy (non-hydrogen) atoms. The largest absolute Gasteiger partial charge is 0.508 e. The zero-order chi connectivity index (χ0) is 11.7. The van der Waals surface area contributed by atoms with Crippen LogP contribution in [0.5, 0.6) is 5.75 Å². The van der Waals surface area contributed by atoms with E-state index in [4.69, 9.17) is 5.11 Å². The number of carboxylic acids is 1. The van der Waals surface area contributed by atoms with Gasteiger partial charge in [0, 0.05) is 35.8 Å². The summed E-state index contributed by atoms with van der Waals surface area (Å²) in [6.45, 7) is 0. The van der Waals surface area contributed by atoms with Crippen molar-refractivity contribution in [1.29, 1.82) is 0 Å². The zero-order valence-electron chi connectivity index (χ0n) is 8.71. The van der Waals surface area contributed by atoms with Crippen molar-refractivity contribution < 1.29 is 15.0 Å². The molecule has 1 aromatic heterocycles. The molecule has 0 saturated heterocycles. The highest BCUT2D eigenvalue weighted by molar-refractivity contribution is 5.94. The van der Waals surface area contributed by atoms with E-state index in [2.05, 4.69) is 0 Å². The molecule has 0 aliphatic heterocycles. The summed E-state index contributed by atoms with van der Waals surface area (Å²) in [6, 6.07) is 5.02. The minimum absolute atomic E-state index is 0.170. The van der Waals surface area contributed by atoms with Crippen LogP contribution in [0.1, 0.15) is 5.56 Å². The van der Waals surface area contributed by atoms with Crippen molar-refractivity contribution in [1.82, 2.24) is 4.57 Å². The van der Waals surface area contributed by atoms with E-state index < -0.39 is 5.97 Å². The summed E-state index contributed by atoms with van der Waals surface area (Å²) < 4.78 is 1.89. The first-order valence-electron chi connectivity index (χ1n) is 4.77. The molecule has 4 heteroatoms. The molecule has 0 spiro atoms. The average Bonchev–Trinajstić information content (AvgIpc) is 2.52. The topological polar surface area (TPSA) is 62.5 Å². The Hall–Kier alpha value is -2.23. The Kier molecular flexibility index (Phi) is 2.40. The van der Waals surface area contributed by atoms with Crippen LogP contribution in [0.2, 0.25) is 0 Å². The number of rotatable bonds is 2. The molecule has 4 nitrogen and oxygen atoms in total. The van der Waals surface area contributed by atoms with Gasteiger partial charge in [-0.15, -0.1) is 0 Å². The fourth-order valence-electron chi connectivity index (χ4n) is 1.70. The van der Waals surface area contributed by atoms with Gasteiger partial charge in [0.1, 0.15) is 5.75 Å². The predicted octanol–water partition coefficient (Wildman–Crippen LogP) is 1.98. The van der Waals surface area contributed by atoms with Crippen molar-refractivity contribution in [2.45, 2.75) is 0 Å². The molecule has 0 radical (unpaired) electrons. The molecule has 2 N–H and O–H groups in total. The summed E-state index contributed by atoms with van der Waals surface area (Å²) in [6.07, 6.45) is 4.42. The number of hydrogen-bond acceptors (Lipinski definition) is 2. The van der Waals surface area contributed by atoms with Crippen LogP contribution in [0.4, 0.5) is 0 Å². The van der Waals surface area contributed by atoms with Crippen LogP contribution >= 0.6 is 0 Å². The van der Waals surface area contributed by atoms with Crippen LogP contribution in [0, 0.1) is 0 Å². The van der Waals surface area contributed by atoms with Gasteiger partial charge in [-0.1, -0.05) is 0 Å². The number of phenolic OH excluding ortho intramolecular Hbond substituents is 1. The third-order valence-electron chi connectivity index (χ3n) is 2.41. The van der Waals surface area contributed by atoms with Gasteiger partial charge in [-0.3, -0.25) is 0 Å². The highest BCUT2D eigenvalue weighted by atomic mass is 16.4. The second-order valence-electron chi connectivity index (χ2n) is 3.57. The van der Waals surface area contributed by atoms with Gasteiger partial charge in [-0.05, 0) is 24.3 Å². The Labute approximate surface area is 92.1 Å². The maximum atomic E-state index is 10.4. The average molecular weight is 217 g/mol. The summed E-state index contributed by atoms with van der Waals surface area (Å²) >= 11 is 0. The zero-order valence-corrected chi connectivity index (χ0v) is 8.71. The molecule has 0 aliphatic carbocycles. The van der Waals surface area contributed by atoms with Crippen molar-refractivity contribution >= 4 is 22.9 Å². The van der Waals surface area contributed by atoms with Crippen molar-refractivity contribution in [3.8, 4) is 5.75 Å². The predicted molar refractivity (Wildman–Crippen MR) is 61.3 cm³/mol. The molecule has 1 heterocycles. The van der Waals surface area contributed by atoms with E-state index in [9.17, 15) is 9.90 Å². The van der Waals surface area contributed by atoms with Gasteiger partial charge in [0.15, 0.2) is 0 Å². The highest BCUT2D eigenvalue weighted by Gasteiger charge is 2.05. The van der Waals surface area contributed by atoms with Crippen LogP contribution in [-0.2, 0) is 11.8 Å². The molecule has 0 unspecified atom stereocenters. The molecule has 0 atom stereocenters. The standard InChI is InChI=1S/C12H11NO3/c1-13-7-8(2-5-12(15)16)10-6-9(14)3-4-11(10)13/h2-7,14H,1H3,(H,15,16)/b5-2-. The Morgan fingerprint density at radius 3 is 2.88 bits per heavy atom. The van der Waals surface area contributed by atoms with Crippen LogP contribution in [0.3, 0.4) is 0 Å². The molecule has 2 aromatic rings. The maximum absolute atomic E-state index is 10.4. The maximum Gasteiger partial charge on any atom is 0.328 e. The van der Waals surface area contributed by atoms with Crippen LogP contribution in [-0.4, -0.2) is 20.7 Å². The first-order chi connectivity index (χ1) is 7.58. The lowest BCUT2D eigenvalue weighted by molar-refractivity contribution is -0.131. The molecule has 0 bridgehead atoms. The van der Waals surface area contributed by atoms with E-state index in [1.165, 1.54) is 6.08 Å². The van der Waals surface area contributed by atoms with Crippen molar-refractivity contribution in [2.24, 2.45) is 7.05 Å². The number of carbonyl (C=O) groups is 1. The number of nitrogens with zero attached hydrogens (tertiary/aromatic N) is 1. The van der Waals surface area contributed by atoms with E-state index in [-0.39, 0.29) is 5.75 Å². The van der Waals surface area contributed by atoms with E-state index >= 15 is 0 Å². The van der Waals surface area contributed by atoms with Gasteiger partial charge in [0.2, 0.25) is 0 Å². The summed E-state index contributed by atoms with van der Waals surface area (Å²) in [5.74, 6) is -0.819. The lowest BCUT2D eigenvalue weighted by Crippen LogP contribution is -1.85. The van der Waals surface area contributed by atoms with E-state index in [1.54, 1.807) is 18.2 Å². The third-order valence-corrected chi connectivity index (χ3v) is 2.41. The van der Waals surface area contributed by atoms with Crippen LogP contribution in [0.25, 0.3) is 17.0 Å². The number of benzene rings is 1. The third kappa shape index (κ3) is 1.77. The summed E-state index contributed by atoms with van der Waals surface area (Å²) in [7, 11) is 1.87. The van der Waals surface area contributed by atoms with Crippen molar-refractivity contribution in [3.05, 3.63) is 36.0 Å².